The average molecular weight is 383 g/mol. The van der Waals surface area contributed by atoms with Gasteiger partial charge in [0, 0.05) is 35.7 Å². The molecule has 0 bridgehead atoms. The van der Waals surface area contributed by atoms with E-state index in [1.54, 1.807) is 12.1 Å². The Hall–Kier alpha value is -2.14. The number of halogens is 1. The Balaban J connectivity index is 1.48. The van der Waals surface area contributed by atoms with Crippen LogP contribution >= 0.6 is 11.6 Å². The molecule has 1 aromatic heterocycles. The lowest BCUT2D eigenvalue weighted by atomic mass is 9.84. The monoisotopic (exact) mass is 382 g/mol. The molecular formula is C22H23ClN2O2. The van der Waals surface area contributed by atoms with Crippen LogP contribution in [0.5, 0.6) is 5.75 Å². The molecule has 140 valence electrons. The highest BCUT2D eigenvalue weighted by Crippen LogP contribution is 2.35. The van der Waals surface area contributed by atoms with Gasteiger partial charge in [0.2, 0.25) is 0 Å². The van der Waals surface area contributed by atoms with Crippen LogP contribution in [0.1, 0.15) is 29.7 Å². The van der Waals surface area contributed by atoms with Crippen molar-refractivity contribution in [2.75, 3.05) is 13.1 Å². The van der Waals surface area contributed by atoms with E-state index in [0.29, 0.717) is 17.9 Å². The lowest BCUT2D eigenvalue weighted by Gasteiger charge is -2.38. The molecule has 2 N–H and O–H groups in total. The fraction of sp³-hybridized carbons (Fsp3) is 0.318. The zero-order valence-corrected chi connectivity index (χ0v) is 16.1. The fourth-order valence-electron chi connectivity index (χ4n) is 3.79. The van der Waals surface area contributed by atoms with Crippen molar-refractivity contribution in [2.24, 2.45) is 0 Å². The second-order valence-corrected chi connectivity index (χ2v) is 7.85. The summed E-state index contributed by atoms with van der Waals surface area (Å²) < 4.78 is 0. The molecule has 5 heteroatoms. The van der Waals surface area contributed by atoms with Crippen molar-refractivity contribution in [1.29, 1.82) is 0 Å². The van der Waals surface area contributed by atoms with E-state index >= 15 is 0 Å². The van der Waals surface area contributed by atoms with Crippen LogP contribution in [-0.4, -0.2) is 33.2 Å². The van der Waals surface area contributed by atoms with Gasteiger partial charge >= 0.3 is 0 Å². The first-order valence-electron chi connectivity index (χ1n) is 9.23. The zero-order valence-electron chi connectivity index (χ0n) is 15.3. The van der Waals surface area contributed by atoms with Crippen molar-refractivity contribution < 1.29 is 10.2 Å². The van der Waals surface area contributed by atoms with Gasteiger partial charge in [-0.3, -0.25) is 9.88 Å². The summed E-state index contributed by atoms with van der Waals surface area (Å²) in [4.78, 5) is 6.83. The van der Waals surface area contributed by atoms with Crippen LogP contribution in [0.25, 0.3) is 10.9 Å². The first kappa shape index (κ1) is 18.2. The Morgan fingerprint density at radius 3 is 2.59 bits per heavy atom. The molecule has 0 saturated carbocycles. The van der Waals surface area contributed by atoms with Crippen LogP contribution in [0.2, 0.25) is 5.02 Å². The van der Waals surface area contributed by atoms with Gasteiger partial charge in [-0.05, 0) is 61.2 Å². The lowest BCUT2D eigenvalue weighted by Crippen LogP contribution is -2.42. The molecule has 2 aromatic carbocycles. The average Bonchev–Trinajstić information content (AvgIpc) is 2.65. The lowest BCUT2D eigenvalue weighted by molar-refractivity contribution is -0.0276. The van der Waals surface area contributed by atoms with Crippen molar-refractivity contribution in [1.82, 2.24) is 9.88 Å². The van der Waals surface area contributed by atoms with E-state index in [-0.39, 0.29) is 5.75 Å². The first-order chi connectivity index (χ1) is 12.9. The second kappa shape index (κ2) is 7.12. The van der Waals surface area contributed by atoms with E-state index in [1.165, 1.54) is 0 Å². The normalized spacial score (nSPS) is 17.3. The quantitative estimate of drug-likeness (QED) is 0.705. The van der Waals surface area contributed by atoms with E-state index in [1.807, 2.05) is 31.2 Å². The summed E-state index contributed by atoms with van der Waals surface area (Å²) in [6, 6.07) is 15.2. The Kier molecular flexibility index (Phi) is 4.81. The summed E-state index contributed by atoms with van der Waals surface area (Å²) in [6.07, 6.45) is 1.35. The van der Waals surface area contributed by atoms with Crippen molar-refractivity contribution in [3.8, 4) is 5.75 Å². The molecule has 3 aromatic rings. The Bertz CT molecular complexity index is 981. The van der Waals surface area contributed by atoms with Gasteiger partial charge < -0.3 is 10.2 Å². The van der Waals surface area contributed by atoms with Crippen LogP contribution in [0.4, 0.5) is 0 Å². The van der Waals surface area contributed by atoms with Gasteiger partial charge in [-0.15, -0.1) is 0 Å². The highest BCUT2D eigenvalue weighted by molar-refractivity contribution is 6.31. The molecule has 0 atom stereocenters. The first-order valence-corrected chi connectivity index (χ1v) is 9.61. The number of nitrogens with zero attached hydrogens (tertiary/aromatic N) is 2. The highest BCUT2D eigenvalue weighted by atomic mass is 35.5. The van der Waals surface area contributed by atoms with Gasteiger partial charge in [-0.1, -0.05) is 29.8 Å². The Labute approximate surface area is 164 Å². The molecule has 0 amide bonds. The van der Waals surface area contributed by atoms with Gasteiger partial charge in [0.05, 0.1) is 11.1 Å². The molecule has 1 saturated heterocycles. The van der Waals surface area contributed by atoms with Gasteiger partial charge in [0.25, 0.3) is 0 Å². The van der Waals surface area contributed by atoms with Crippen LogP contribution in [-0.2, 0) is 12.1 Å². The molecule has 4 rings (SSSR count). The number of benzene rings is 2. The molecule has 0 aliphatic carbocycles. The SMILES string of the molecule is Cc1ccc2cc(C3(O)CCN(Cc4ccc(O)cc4Cl)CC3)ccc2n1. The largest absolute Gasteiger partial charge is 0.508 e. The predicted octanol–water partition coefficient (Wildman–Crippen LogP) is 4.39. The molecule has 0 unspecified atom stereocenters. The summed E-state index contributed by atoms with van der Waals surface area (Å²) in [5.74, 6) is 0.178. The van der Waals surface area contributed by atoms with Gasteiger partial charge in [-0.25, -0.2) is 0 Å². The molecule has 27 heavy (non-hydrogen) atoms. The fourth-order valence-corrected chi connectivity index (χ4v) is 4.03. The molecule has 4 nitrogen and oxygen atoms in total. The van der Waals surface area contributed by atoms with E-state index < -0.39 is 5.60 Å². The second-order valence-electron chi connectivity index (χ2n) is 7.44. The number of fused-ring (bicyclic) bond motifs is 1. The predicted molar refractivity (Wildman–Crippen MR) is 108 cm³/mol. The van der Waals surface area contributed by atoms with Crippen molar-refractivity contribution in [2.45, 2.75) is 31.9 Å². The van der Waals surface area contributed by atoms with Crippen LogP contribution in [0.3, 0.4) is 0 Å². The smallest absolute Gasteiger partial charge is 0.117 e. The number of aromatic hydroxyl groups is 1. The maximum atomic E-state index is 11.2. The number of aliphatic hydroxyl groups is 1. The van der Waals surface area contributed by atoms with Crippen molar-refractivity contribution in [3.63, 3.8) is 0 Å². The number of aryl methyl sites for hydroxylation is 1. The molecule has 0 radical (unpaired) electrons. The summed E-state index contributed by atoms with van der Waals surface area (Å²) in [5, 5.41) is 22.4. The number of rotatable bonds is 3. The van der Waals surface area contributed by atoms with Gasteiger partial charge in [0.1, 0.15) is 5.75 Å². The molecule has 1 fully saturated rings. The van der Waals surface area contributed by atoms with E-state index in [4.69, 9.17) is 11.6 Å². The number of piperidine rings is 1. The zero-order chi connectivity index (χ0) is 19.0. The number of likely N-dealkylation sites (tertiary alicyclic amines) is 1. The third-order valence-electron chi connectivity index (χ3n) is 5.48. The maximum Gasteiger partial charge on any atom is 0.117 e. The third-order valence-corrected chi connectivity index (χ3v) is 5.83. The standard InChI is InChI=1S/C22H23ClN2O2/c1-15-2-3-16-12-18(5-7-21(16)24-15)22(27)8-10-25(11-9-22)14-17-4-6-19(26)13-20(17)23/h2-7,12-13,26-27H,8-11,14H2,1H3. The van der Waals surface area contributed by atoms with Crippen LogP contribution in [0.15, 0.2) is 48.5 Å². The minimum Gasteiger partial charge on any atom is -0.508 e. The summed E-state index contributed by atoms with van der Waals surface area (Å²) in [6.45, 7) is 4.28. The molecule has 2 heterocycles. The van der Waals surface area contributed by atoms with Crippen molar-refractivity contribution in [3.05, 3.63) is 70.4 Å². The highest BCUT2D eigenvalue weighted by Gasteiger charge is 2.34. The number of hydrogen-bond donors (Lipinski definition) is 2. The molecule has 1 aliphatic heterocycles. The molecular weight excluding hydrogens is 360 g/mol. The van der Waals surface area contributed by atoms with E-state index in [9.17, 15) is 10.2 Å². The maximum absolute atomic E-state index is 11.2. The molecule has 1 aliphatic rings. The third kappa shape index (κ3) is 3.79. The Morgan fingerprint density at radius 2 is 1.85 bits per heavy atom. The number of hydrogen-bond acceptors (Lipinski definition) is 4. The van der Waals surface area contributed by atoms with Crippen LogP contribution < -0.4 is 0 Å². The van der Waals surface area contributed by atoms with E-state index in [0.717, 1.165) is 47.4 Å². The minimum absolute atomic E-state index is 0.178. The molecule has 0 spiro atoms. The Morgan fingerprint density at radius 1 is 1.07 bits per heavy atom. The summed E-state index contributed by atoms with van der Waals surface area (Å²) in [7, 11) is 0. The topological polar surface area (TPSA) is 56.6 Å². The van der Waals surface area contributed by atoms with E-state index in [2.05, 4.69) is 22.0 Å². The number of phenolic OH excluding ortho intramolecular Hbond substituents is 1. The van der Waals surface area contributed by atoms with Crippen LogP contribution in [0, 0.1) is 6.92 Å². The number of aromatic nitrogens is 1. The van der Waals surface area contributed by atoms with Crippen molar-refractivity contribution >= 4 is 22.5 Å². The summed E-state index contributed by atoms with van der Waals surface area (Å²) in [5.41, 5.74) is 3.10. The minimum atomic E-state index is -0.811. The van der Waals surface area contributed by atoms with Gasteiger partial charge in [-0.2, -0.15) is 0 Å². The summed E-state index contributed by atoms with van der Waals surface area (Å²) >= 11 is 6.23. The van der Waals surface area contributed by atoms with Gasteiger partial charge in [0.15, 0.2) is 0 Å². The number of pyridine rings is 1. The number of phenols is 1.